The Morgan fingerprint density at radius 2 is 0.526 bits per heavy atom. The van der Waals surface area contributed by atoms with Gasteiger partial charge in [0.25, 0.3) is 0 Å². The van der Waals surface area contributed by atoms with E-state index in [2.05, 4.69) is 28.4 Å². The van der Waals surface area contributed by atoms with Crippen molar-refractivity contribution in [3.8, 4) is 0 Å². The summed E-state index contributed by atoms with van der Waals surface area (Å²) in [6.07, 6.45) is -19.8. The second-order valence-corrected chi connectivity index (χ2v) is 15.2. The topological polar surface area (TPSA) is 619 Å². The molecule has 40 heteroatoms. The second-order valence-electron chi connectivity index (χ2n) is 14.2. The van der Waals surface area contributed by atoms with Crippen LogP contribution in [0.25, 0.3) is 0 Å². The molecule has 36 nitrogen and oxygen atoms in total. The van der Waals surface area contributed by atoms with Crippen LogP contribution in [0.4, 0.5) is 0 Å². The zero-order chi connectivity index (χ0) is 55.5. The minimum absolute atomic E-state index is 0. The van der Waals surface area contributed by atoms with E-state index in [1.54, 1.807) is 0 Å². The van der Waals surface area contributed by atoms with Crippen LogP contribution in [0.3, 0.4) is 0 Å². The Balaban J connectivity index is 0.00000117. The summed E-state index contributed by atoms with van der Waals surface area (Å²) in [6, 6.07) is 0. The first-order chi connectivity index (χ1) is 34.2. The predicted molar refractivity (Wildman–Crippen MR) is 206 cm³/mol. The standard InChI is InChI=1S/C18H21O18P.3C6H8O6.3Na/c19-1-4(22)10-13(7(25)16(28)31-10)34-37(35-14-8(26)17(29)32-11(14)5(23)2-20)36-15-9(27)18(30)33-12(15)6(24)3-21;3*7-1-2(8)5-3(9)4(10)6(11)12-5;;;/h4-6,10-12,19-27H,1-3H2;3*2,5,7-10H,1H2;;;/q;;;;3*+1/p-3/t4-,5-,6-,10+,11+,12+;3*2-,5+;;;/m0000.../s1. The minimum Gasteiger partial charge on any atom is -0.865 e. The number of rotatable bonds is 18. The van der Waals surface area contributed by atoms with Gasteiger partial charge in [0.1, 0.15) is 53.9 Å². The average molecular weight is 1150 g/mol. The van der Waals surface area contributed by atoms with Crippen molar-refractivity contribution in [2.45, 2.75) is 73.2 Å². The van der Waals surface area contributed by atoms with Gasteiger partial charge in [0.05, 0.1) is 39.6 Å². The first-order valence-electron chi connectivity index (χ1n) is 19.6. The normalized spacial score (nSPS) is 25.1. The third-order valence-electron chi connectivity index (χ3n) is 9.26. The molecule has 6 aliphatic heterocycles. The fraction of sp³-hybridized carbons (Fsp3) is 0.500. The fourth-order valence-electron chi connectivity index (χ4n) is 5.45. The molecule has 0 amide bonds. The van der Waals surface area contributed by atoms with Gasteiger partial charge < -0.3 is 149 Å². The number of aliphatic hydroxyl groups excluding tert-OH is 18. The van der Waals surface area contributed by atoms with Gasteiger partial charge in [0.15, 0.2) is 36.6 Å². The van der Waals surface area contributed by atoms with E-state index in [1.165, 1.54) is 0 Å². The summed E-state index contributed by atoms with van der Waals surface area (Å²) >= 11 is 0. The number of carbonyl (C=O) groups excluding carboxylic acids is 6. The third-order valence-corrected chi connectivity index (χ3v) is 10.3. The molecule has 0 aromatic heterocycles. The van der Waals surface area contributed by atoms with Crippen LogP contribution in [0.15, 0.2) is 69.1 Å². The summed E-state index contributed by atoms with van der Waals surface area (Å²) in [4.78, 5) is 66.8. The molecule has 6 heterocycles. The average Bonchev–Trinajstić information content (AvgIpc) is 4.15. The van der Waals surface area contributed by atoms with Crippen molar-refractivity contribution < 1.29 is 267 Å². The first-order valence-corrected chi connectivity index (χ1v) is 20.7. The molecule has 0 bridgehead atoms. The van der Waals surface area contributed by atoms with Gasteiger partial charge in [0.2, 0.25) is 34.6 Å². The molecule has 76 heavy (non-hydrogen) atoms. The van der Waals surface area contributed by atoms with Crippen LogP contribution >= 0.6 is 8.60 Å². The Bertz CT molecular complexity index is 2050. The van der Waals surface area contributed by atoms with Crippen molar-refractivity contribution >= 4 is 44.4 Å². The van der Waals surface area contributed by atoms with E-state index in [9.17, 15) is 90.0 Å². The summed E-state index contributed by atoms with van der Waals surface area (Å²) in [5.41, 5.74) is 0. The Morgan fingerprint density at radius 3 is 0.684 bits per heavy atom. The third kappa shape index (κ3) is 16.9. The largest absolute Gasteiger partial charge is 1.00 e. The van der Waals surface area contributed by atoms with Gasteiger partial charge in [-0.1, -0.05) is 0 Å². The summed E-state index contributed by atoms with van der Waals surface area (Å²) < 4.78 is 42.6. The summed E-state index contributed by atoms with van der Waals surface area (Å²) in [6.45, 7) is -5.11. The molecule has 0 aromatic rings. The minimum atomic E-state index is -3.33. The number of carbonyl (C=O) groups is 6. The van der Waals surface area contributed by atoms with Gasteiger partial charge in [0, 0.05) is 17.3 Å². The number of esters is 6. The van der Waals surface area contributed by atoms with Gasteiger partial charge in [-0.3, -0.25) is 0 Å². The molecule has 0 unspecified atom stereocenters. The molecule has 0 aromatic carbocycles. The van der Waals surface area contributed by atoms with Gasteiger partial charge in [-0.25, -0.2) is 28.8 Å². The van der Waals surface area contributed by atoms with Gasteiger partial charge >= 0.3 is 133 Å². The molecule has 410 valence electrons. The molecule has 18 N–H and O–H groups in total. The molecule has 0 saturated carbocycles. The SMILES string of the molecule is O=C1O[C@H]([C@@H](O)CO)C(O)=C1[O-].O=C1O[C@H]([C@@H](O)CO)C(O)=C1[O-].O=C1O[C@H]([C@@H](O)CO)C(O)=C1[O-].O=C1O[C@H]([C@@H](O)CO)C(OP(OC2=C(O)C(=O)O[C@@H]2[C@@H](O)CO)OC2=C(O)C(=O)O[C@@H]2[C@@H](O)CO)=C1O.[Na+].[Na+].[Na+]. The van der Waals surface area contributed by atoms with Crippen LogP contribution < -0.4 is 104 Å². The fourth-order valence-corrected chi connectivity index (χ4v) is 6.62. The number of ether oxygens (including phenoxy) is 6. The molecule has 6 aliphatic rings. The first kappa shape index (κ1) is 71.8. The monoisotopic (exact) mass is 1150 g/mol. The van der Waals surface area contributed by atoms with Gasteiger partial charge in [-0.2, -0.15) is 0 Å². The van der Waals surface area contributed by atoms with Crippen LogP contribution in [0, 0.1) is 0 Å². The van der Waals surface area contributed by atoms with Gasteiger partial charge in [-0.05, 0) is 0 Å². The van der Waals surface area contributed by atoms with Crippen LogP contribution in [-0.4, -0.2) is 241 Å². The summed E-state index contributed by atoms with van der Waals surface area (Å²) in [5, 5.41) is 198. The van der Waals surface area contributed by atoms with E-state index >= 15 is 0 Å². The summed E-state index contributed by atoms with van der Waals surface area (Å²) in [7, 11) is -3.33. The van der Waals surface area contributed by atoms with Crippen molar-refractivity contribution in [1.29, 1.82) is 0 Å². The Kier molecular flexibility index (Phi) is 30.3. The number of hydrogen-bond acceptors (Lipinski definition) is 36. The van der Waals surface area contributed by atoms with E-state index in [0.717, 1.165) is 0 Å². The zero-order valence-corrected chi connectivity index (χ0v) is 45.9. The van der Waals surface area contributed by atoms with Crippen molar-refractivity contribution in [2.75, 3.05) is 39.6 Å². The van der Waals surface area contributed by atoms with Crippen molar-refractivity contribution in [3.05, 3.63) is 69.1 Å². The Labute approximate surface area is 489 Å². The molecule has 12 atom stereocenters. The van der Waals surface area contributed by atoms with E-state index < -0.39 is 226 Å². The van der Waals surface area contributed by atoms with Crippen LogP contribution in [-0.2, 0) is 70.8 Å². The smallest absolute Gasteiger partial charge is 0.865 e. The maximum atomic E-state index is 11.8. The van der Waals surface area contributed by atoms with E-state index in [-0.39, 0.29) is 88.7 Å². The molecule has 0 fully saturated rings. The Hall–Kier alpha value is -4.19. The second kappa shape index (κ2) is 32.0. The molecule has 6 rings (SSSR count). The van der Waals surface area contributed by atoms with Crippen molar-refractivity contribution in [1.82, 2.24) is 0 Å². The van der Waals surface area contributed by atoms with E-state index in [1.807, 2.05) is 0 Å². The number of hydrogen-bond donors (Lipinski definition) is 18. The summed E-state index contributed by atoms with van der Waals surface area (Å²) in [5.74, 6) is -20.5. The van der Waals surface area contributed by atoms with Gasteiger partial charge in [-0.15, -0.1) is 0 Å². The molecule has 0 radical (unpaired) electrons. The number of aliphatic hydroxyl groups is 18. The van der Waals surface area contributed by atoms with Crippen LogP contribution in [0.2, 0.25) is 0 Å². The molecule has 0 saturated heterocycles. The molecule has 0 spiro atoms. The predicted octanol–water partition coefficient (Wildman–Crippen LogP) is -20.4. The maximum absolute atomic E-state index is 11.8. The molecular formula is C36H42Na3O36P. The number of cyclic esters (lactones) is 6. The Morgan fingerprint density at radius 1 is 0.355 bits per heavy atom. The van der Waals surface area contributed by atoms with E-state index in [4.69, 9.17) is 59.5 Å². The van der Waals surface area contributed by atoms with Crippen LogP contribution in [0.5, 0.6) is 0 Å². The van der Waals surface area contributed by atoms with Crippen molar-refractivity contribution in [3.63, 3.8) is 0 Å². The van der Waals surface area contributed by atoms with Crippen LogP contribution in [0.1, 0.15) is 0 Å². The maximum Gasteiger partial charge on any atom is 1.00 e. The zero-order valence-electron chi connectivity index (χ0n) is 39.0. The molecular weight excluding hydrogens is 1110 g/mol. The van der Waals surface area contributed by atoms with E-state index in [0.29, 0.717) is 0 Å². The molecule has 0 aliphatic carbocycles. The quantitative estimate of drug-likeness (QED) is 0.0262. The van der Waals surface area contributed by atoms with Crippen molar-refractivity contribution in [2.24, 2.45) is 0 Å².